The standard InChI is InChI=1S/C31H41N3O4/c1-7-10-19-32-28(35)27(25-18-14-17-23(9-3)21-25)34(20-8-2)29(36)26(22-24-15-12-11-13-16-24)33-30(37)38-31(4,5)6/h8-9,11-18,21,26-27H,2-3,7,10,19-20,22H2,1,4-6H3,(H,32,35)(H,33,37). The van der Waals surface area contributed by atoms with Crippen LogP contribution in [-0.2, 0) is 20.7 Å². The maximum atomic E-state index is 14.2. The summed E-state index contributed by atoms with van der Waals surface area (Å²) in [5, 5.41) is 5.72. The van der Waals surface area contributed by atoms with Crippen LogP contribution in [0.15, 0.2) is 73.8 Å². The van der Waals surface area contributed by atoms with Crippen molar-refractivity contribution in [3.05, 3.63) is 90.5 Å². The zero-order chi connectivity index (χ0) is 28.1. The summed E-state index contributed by atoms with van der Waals surface area (Å²) in [6.45, 7) is 15.6. The van der Waals surface area contributed by atoms with Crippen molar-refractivity contribution < 1.29 is 19.1 Å². The van der Waals surface area contributed by atoms with Gasteiger partial charge in [0.05, 0.1) is 0 Å². The van der Waals surface area contributed by atoms with E-state index < -0.39 is 29.7 Å². The van der Waals surface area contributed by atoms with Crippen molar-refractivity contribution >= 4 is 24.0 Å². The molecule has 0 saturated heterocycles. The number of hydrogen-bond acceptors (Lipinski definition) is 4. The van der Waals surface area contributed by atoms with Crippen LogP contribution in [0.1, 0.15) is 63.3 Å². The van der Waals surface area contributed by atoms with Gasteiger partial charge in [-0.1, -0.05) is 80.6 Å². The van der Waals surface area contributed by atoms with E-state index in [9.17, 15) is 14.4 Å². The normalized spacial score (nSPS) is 12.5. The maximum absolute atomic E-state index is 14.2. The topological polar surface area (TPSA) is 87.7 Å². The molecule has 0 saturated carbocycles. The highest BCUT2D eigenvalue weighted by molar-refractivity contribution is 5.92. The highest BCUT2D eigenvalue weighted by Gasteiger charge is 2.35. The SMILES string of the molecule is C=CCN(C(=O)C(Cc1ccccc1)NC(=O)OC(C)(C)C)C(C(=O)NCCCC)c1cccc(C=C)c1. The summed E-state index contributed by atoms with van der Waals surface area (Å²) in [6, 6.07) is 14.9. The number of alkyl carbamates (subject to hydrolysis) is 1. The minimum absolute atomic E-state index is 0.101. The molecule has 0 fully saturated rings. The molecule has 7 heteroatoms. The first-order valence-electron chi connectivity index (χ1n) is 13.0. The molecule has 0 spiro atoms. The first-order chi connectivity index (χ1) is 18.1. The average molecular weight is 520 g/mol. The van der Waals surface area contributed by atoms with Crippen molar-refractivity contribution in [3.63, 3.8) is 0 Å². The summed E-state index contributed by atoms with van der Waals surface area (Å²) < 4.78 is 5.45. The lowest BCUT2D eigenvalue weighted by molar-refractivity contribution is -0.141. The van der Waals surface area contributed by atoms with Crippen LogP contribution in [0.5, 0.6) is 0 Å². The second-order valence-corrected chi connectivity index (χ2v) is 10.1. The third-order valence-electron chi connectivity index (χ3n) is 5.73. The van der Waals surface area contributed by atoms with E-state index in [1.54, 1.807) is 32.9 Å². The molecule has 3 amide bonds. The van der Waals surface area contributed by atoms with Crippen LogP contribution in [0.4, 0.5) is 4.79 Å². The molecule has 0 radical (unpaired) electrons. The molecule has 2 rings (SSSR count). The van der Waals surface area contributed by atoms with Crippen molar-refractivity contribution in [1.29, 1.82) is 0 Å². The number of unbranched alkanes of at least 4 members (excludes halogenated alkanes) is 1. The molecule has 2 aromatic carbocycles. The lowest BCUT2D eigenvalue weighted by Gasteiger charge is -2.34. The van der Waals surface area contributed by atoms with Gasteiger partial charge in [0.2, 0.25) is 11.8 Å². The summed E-state index contributed by atoms with van der Waals surface area (Å²) >= 11 is 0. The summed E-state index contributed by atoms with van der Waals surface area (Å²) in [5.41, 5.74) is 1.59. The molecular weight excluding hydrogens is 478 g/mol. The Bertz CT molecular complexity index is 1090. The van der Waals surface area contributed by atoms with Crippen LogP contribution in [-0.4, -0.2) is 47.5 Å². The molecule has 2 aromatic rings. The zero-order valence-electron chi connectivity index (χ0n) is 23.0. The second-order valence-electron chi connectivity index (χ2n) is 10.1. The fourth-order valence-corrected chi connectivity index (χ4v) is 3.98. The van der Waals surface area contributed by atoms with E-state index in [0.717, 1.165) is 24.0 Å². The van der Waals surface area contributed by atoms with Gasteiger partial charge >= 0.3 is 6.09 Å². The summed E-state index contributed by atoms with van der Waals surface area (Å²) in [5.74, 6) is -0.718. The summed E-state index contributed by atoms with van der Waals surface area (Å²) in [4.78, 5) is 41.9. The Morgan fingerprint density at radius 1 is 1.05 bits per heavy atom. The van der Waals surface area contributed by atoms with Gasteiger partial charge in [-0.25, -0.2) is 4.79 Å². The van der Waals surface area contributed by atoms with Crippen molar-refractivity contribution in [2.24, 2.45) is 0 Å². The fraction of sp³-hybridized carbons (Fsp3) is 0.387. The number of benzene rings is 2. The number of nitrogens with one attached hydrogen (secondary N) is 2. The highest BCUT2D eigenvalue weighted by Crippen LogP contribution is 2.25. The van der Waals surface area contributed by atoms with Crippen LogP contribution in [0, 0.1) is 0 Å². The van der Waals surface area contributed by atoms with E-state index in [4.69, 9.17) is 4.74 Å². The number of nitrogens with zero attached hydrogens (tertiary/aromatic N) is 1. The van der Waals surface area contributed by atoms with Crippen molar-refractivity contribution in [1.82, 2.24) is 15.5 Å². The molecule has 0 aliphatic heterocycles. The molecule has 0 aliphatic carbocycles. The number of rotatable bonds is 13. The minimum Gasteiger partial charge on any atom is -0.444 e. The van der Waals surface area contributed by atoms with Gasteiger partial charge in [0, 0.05) is 19.5 Å². The maximum Gasteiger partial charge on any atom is 0.408 e. The third-order valence-corrected chi connectivity index (χ3v) is 5.73. The smallest absolute Gasteiger partial charge is 0.408 e. The van der Waals surface area contributed by atoms with E-state index in [0.29, 0.717) is 12.1 Å². The van der Waals surface area contributed by atoms with Crippen LogP contribution < -0.4 is 10.6 Å². The number of carbonyl (C=O) groups excluding carboxylic acids is 3. The molecule has 0 bridgehead atoms. The zero-order valence-corrected chi connectivity index (χ0v) is 23.0. The van der Waals surface area contributed by atoms with E-state index in [-0.39, 0.29) is 18.9 Å². The van der Waals surface area contributed by atoms with Gasteiger partial charge in [-0.3, -0.25) is 9.59 Å². The molecule has 0 aromatic heterocycles. The largest absolute Gasteiger partial charge is 0.444 e. The Balaban J connectivity index is 2.51. The quantitative estimate of drug-likeness (QED) is 0.273. The second kappa shape index (κ2) is 14.8. The predicted octanol–water partition coefficient (Wildman–Crippen LogP) is 5.44. The highest BCUT2D eigenvalue weighted by atomic mass is 16.6. The van der Waals surface area contributed by atoms with E-state index in [1.807, 2.05) is 61.5 Å². The Labute approximate surface area is 227 Å². The molecule has 2 unspecified atom stereocenters. The fourth-order valence-electron chi connectivity index (χ4n) is 3.98. The van der Waals surface area contributed by atoms with Gasteiger partial charge < -0.3 is 20.3 Å². The molecular formula is C31H41N3O4. The van der Waals surface area contributed by atoms with Crippen LogP contribution in [0.25, 0.3) is 6.08 Å². The molecule has 204 valence electrons. The van der Waals surface area contributed by atoms with E-state index >= 15 is 0 Å². The molecule has 0 aliphatic rings. The number of hydrogen-bond donors (Lipinski definition) is 2. The summed E-state index contributed by atoms with van der Waals surface area (Å²) in [6.07, 6.45) is 4.53. The van der Waals surface area contributed by atoms with Crippen LogP contribution >= 0.6 is 0 Å². The molecule has 0 heterocycles. The summed E-state index contributed by atoms with van der Waals surface area (Å²) in [7, 11) is 0. The number of amides is 3. The van der Waals surface area contributed by atoms with Crippen molar-refractivity contribution in [2.45, 2.75) is 64.6 Å². The van der Waals surface area contributed by atoms with Gasteiger partial charge in [0.25, 0.3) is 0 Å². The lowest BCUT2D eigenvalue weighted by Crippen LogP contribution is -2.54. The van der Waals surface area contributed by atoms with Gasteiger partial charge in [-0.15, -0.1) is 6.58 Å². The molecule has 2 atom stereocenters. The van der Waals surface area contributed by atoms with E-state index in [2.05, 4.69) is 23.8 Å². The average Bonchev–Trinajstić information content (AvgIpc) is 2.87. The first kappa shape index (κ1) is 30.4. The van der Waals surface area contributed by atoms with Crippen LogP contribution in [0.3, 0.4) is 0 Å². The Morgan fingerprint density at radius 3 is 2.37 bits per heavy atom. The first-order valence-corrected chi connectivity index (χ1v) is 13.0. The van der Waals surface area contributed by atoms with Gasteiger partial charge in [0.1, 0.15) is 17.7 Å². The Hall–Kier alpha value is -3.87. The van der Waals surface area contributed by atoms with Gasteiger partial charge in [-0.05, 0) is 49.9 Å². The van der Waals surface area contributed by atoms with Crippen molar-refractivity contribution in [2.75, 3.05) is 13.1 Å². The number of ether oxygens (including phenoxy) is 1. The Morgan fingerprint density at radius 2 is 1.76 bits per heavy atom. The van der Waals surface area contributed by atoms with Crippen molar-refractivity contribution in [3.8, 4) is 0 Å². The third kappa shape index (κ3) is 9.54. The predicted molar refractivity (Wildman–Crippen MR) is 152 cm³/mol. The number of carbonyl (C=O) groups is 3. The minimum atomic E-state index is -0.972. The lowest BCUT2D eigenvalue weighted by atomic mass is 9.98. The van der Waals surface area contributed by atoms with E-state index in [1.165, 1.54) is 4.90 Å². The molecule has 7 nitrogen and oxygen atoms in total. The molecule has 38 heavy (non-hydrogen) atoms. The molecule has 2 N–H and O–H groups in total. The van der Waals surface area contributed by atoms with Gasteiger partial charge in [-0.2, -0.15) is 0 Å². The monoisotopic (exact) mass is 519 g/mol. The van der Waals surface area contributed by atoms with Gasteiger partial charge in [0.15, 0.2) is 0 Å². The Kier molecular flexibility index (Phi) is 11.8. The van der Waals surface area contributed by atoms with Crippen LogP contribution in [0.2, 0.25) is 0 Å².